The Morgan fingerprint density at radius 2 is 2.06 bits per heavy atom. The molecule has 3 aromatic rings. The van der Waals surface area contributed by atoms with Gasteiger partial charge in [-0.25, -0.2) is 0 Å². The number of benzene rings is 1. The largest absolute Gasteiger partial charge is 0.326 e. The maximum Gasteiger partial charge on any atom is 0.0568 e. The first-order chi connectivity index (χ1) is 8.78. The topological polar surface area (TPSA) is 56.7 Å². The summed E-state index contributed by atoms with van der Waals surface area (Å²) in [5.74, 6) is 0. The molecular formula is C14H14N4. The van der Waals surface area contributed by atoms with Crippen LogP contribution in [0.1, 0.15) is 5.56 Å². The van der Waals surface area contributed by atoms with Crippen molar-refractivity contribution in [3.05, 3.63) is 48.5 Å². The number of aromatic nitrogens is 3. The number of nitrogens with zero attached hydrogens (tertiary/aromatic N) is 3. The van der Waals surface area contributed by atoms with Gasteiger partial charge in [-0.3, -0.25) is 9.67 Å². The summed E-state index contributed by atoms with van der Waals surface area (Å²) in [4.78, 5) is 4.19. The Kier molecular flexibility index (Phi) is 2.57. The lowest BCUT2D eigenvalue weighted by atomic mass is 10.0. The van der Waals surface area contributed by atoms with Gasteiger partial charge in [0.2, 0.25) is 0 Å². The van der Waals surface area contributed by atoms with Crippen molar-refractivity contribution >= 4 is 10.8 Å². The fraction of sp³-hybridized carbons (Fsp3) is 0.143. The number of nitrogens with two attached hydrogens (primary N) is 1. The van der Waals surface area contributed by atoms with Crippen molar-refractivity contribution in [1.82, 2.24) is 14.8 Å². The third-order valence-corrected chi connectivity index (χ3v) is 3.10. The lowest BCUT2D eigenvalue weighted by Crippen LogP contribution is -1.98. The predicted octanol–water partition coefficient (Wildman–Crippen LogP) is 2.09. The Morgan fingerprint density at radius 1 is 1.17 bits per heavy atom. The van der Waals surface area contributed by atoms with Crippen LogP contribution in [0.2, 0.25) is 0 Å². The molecule has 4 nitrogen and oxygen atoms in total. The molecule has 2 aromatic heterocycles. The minimum atomic E-state index is 0.501. The van der Waals surface area contributed by atoms with Gasteiger partial charge in [-0.15, -0.1) is 0 Å². The zero-order chi connectivity index (χ0) is 12.5. The summed E-state index contributed by atoms with van der Waals surface area (Å²) in [6.07, 6.45) is 7.56. The van der Waals surface area contributed by atoms with E-state index >= 15 is 0 Å². The summed E-state index contributed by atoms with van der Waals surface area (Å²) in [5, 5.41) is 6.47. The van der Waals surface area contributed by atoms with Crippen LogP contribution in [0.25, 0.3) is 21.9 Å². The van der Waals surface area contributed by atoms with Gasteiger partial charge in [0.25, 0.3) is 0 Å². The van der Waals surface area contributed by atoms with E-state index in [1.807, 2.05) is 31.8 Å². The number of fused-ring (bicyclic) bond motifs is 1. The lowest BCUT2D eigenvalue weighted by Gasteiger charge is -2.05. The highest BCUT2D eigenvalue weighted by molar-refractivity contribution is 5.89. The number of hydrogen-bond donors (Lipinski definition) is 1. The highest BCUT2D eigenvalue weighted by Crippen LogP contribution is 2.25. The van der Waals surface area contributed by atoms with E-state index in [2.05, 4.69) is 28.3 Å². The number of rotatable bonds is 2. The van der Waals surface area contributed by atoms with Gasteiger partial charge in [0.05, 0.1) is 6.20 Å². The zero-order valence-corrected chi connectivity index (χ0v) is 10.2. The number of pyridine rings is 1. The van der Waals surface area contributed by atoms with E-state index in [1.54, 1.807) is 4.68 Å². The molecule has 0 aliphatic rings. The van der Waals surface area contributed by atoms with Crippen LogP contribution < -0.4 is 5.73 Å². The second-order valence-corrected chi connectivity index (χ2v) is 4.34. The van der Waals surface area contributed by atoms with Crippen molar-refractivity contribution in [2.24, 2.45) is 12.8 Å². The molecule has 0 atom stereocenters. The molecule has 4 heteroatoms. The van der Waals surface area contributed by atoms with Crippen molar-refractivity contribution in [2.45, 2.75) is 6.54 Å². The Morgan fingerprint density at radius 3 is 2.78 bits per heavy atom. The van der Waals surface area contributed by atoms with E-state index in [1.165, 1.54) is 0 Å². The van der Waals surface area contributed by atoms with E-state index in [-0.39, 0.29) is 0 Å². The standard InChI is InChI=1S/C14H14N4/c1-18-9-13(8-17-18)10-2-3-11-6-16-7-12(5-15)14(11)4-10/h2-4,6-9H,5,15H2,1H3. The Hall–Kier alpha value is -2.20. The predicted molar refractivity (Wildman–Crippen MR) is 71.8 cm³/mol. The van der Waals surface area contributed by atoms with Crippen LogP contribution >= 0.6 is 0 Å². The molecule has 0 radical (unpaired) electrons. The summed E-state index contributed by atoms with van der Waals surface area (Å²) in [6, 6.07) is 6.31. The van der Waals surface area contributed by atoms with Gasteiger partial charge < -0.3 is 5.73 Å². The minimum absolute atomic E-state index is 0.501. The SMILES string of the molecule is Cn1cc(-c2ccc3cncc(CN)c3c2)cn1. The van der Waals surface area contributed by atoms with Crippen LogP contribution in [0.3, 0.4) is 0 Å². The quantitative estimate of drug-likeness (QED) is 0.743. The second kappa shape index (κ2) is 4.23. The summed E-state index contributed by atoms with van der Waals surface area (Å²) in [5.41, 5.74) is 9.08. The number of hydrogen-bond acceptors (Lipinski definition) is 3. The fourth-order valence-corrected chi connectivity index (χ4v) is 2.14. The van der Waals surface area contributed by atoms with Crippen LogP contribution in [0.5, 0.6) is 0 Å². The van der Waals surface area contributed by atoms with Crippen LogP contribution in [0.4, 0.5) is 0 Å². The van der Waals surface area contributed by atoms with Gasteiger partial charge in [-0.05, 0) is 22.6 Å². The Balaban J connectivity index is 2.21. The van der Waals surface area contributed by atoms with Crippen LogP contribution in [-0.2, 0) is 13.6 Å². The first-order valence-corrected chi connectivity index (χ1v) is 5.83. The van der Waals surface area contributed by atoms with Gasteiger partial charge in [-0.1, -0.05) is 12.1 Å². The highest BCUT2D eigenvalue weighted by Gasteiger charge is 2.04. The van der Waals surface area contributed by atoms with Crippen molar-refractivity contribution in [1.29, 1.82) is 0 Å². The molecule has 0 unspecified atom stereocenters. The Bertz CT molecular complexity index is 700. The highest BCUT2D eigenvalue weighted by atomic mass is 15.2. The molecule has 2 heterocycles. The van der Waals surface area contributed by atoms with Gasteiger partial charge in [0, 0.05) is 43.1 Å². The molecule has 0 aliphatic carbocycles. The van der Waals surface area contributed by atoms with Crippen molar-refractivity contribution in [3.8, 4) is 11.1 Å². The first-order valence-electron chi connectivity index (χ1n) is 5.83. The van der Waals surface area contributed by atoms with Crippen molar-refractivity contribution in [3.63, 3.8) is 0 Å². The van der Waals surface area contributed by atoms with Gasteiger partial charge in [-0.2, -0.15) is 5.10 Å². The first kappa shape index (κ1) is 10.9. The molecule has 0 fully saturated rings. The molecule has 18 heavy (non-hydrogen) atoms. The molecule has 0 bridgehead atoms. The average molecular weight is 238 g/mol. The normalized spacial score (nSPS) is 11.0. The summed E-state index contributed by atoms with van der Waals surface area (Å²) < 4.78 is 1.80. The average Bonchev–Trinajstić information content (AvgIpc) is 2.84. The maximum absolute atomic E-state index is 5.75. The molecular weight excluding hydrogens is 224 g/mol. The molecule has 90 valence electrons. The third kappa shape index (κ3) is 1.76. The van der Waals surface area contributed by atoms with Gasteiger partial charge >= 0.3 is 0 Å². The molecule has 3 rings (SSSR count). The van der Waals surface area contributed by atoms with Crippen LogP contribution in [0, 0.1) is 0 Å². The van der Waals surface area contributed by atoms with E-state index in [4.69, 9.17) is 5.73 Å². The fourth-order valence-electron chi connectivity index (χ4n) is 2.14. The molecule has 0 saturated heterocycles. The molecule has 0 spiro atoms. The molecule has 1 aromatic carbocycles. The summed E-state index contributed by atoms with van der Waals surface area (Å²) in [6.45, 7) is 0.501. The van der Waals surface area contributed by atoms with Crippen LogP contribution in [-0.4, -0.2) is 14.8 Å². The zero-order valence-electron chi connectivity index (χ0n) is 10.2. The minimum Gasteiger partial charge on any atom is -0.326 e. The number of aryl methyl sites for hydroxylation is 1. The monoisotopic (exact) mass is 238 g/mol. The van der Waals surface area contributed by atoms with Gasteiger partial charge in [0.1, 0.15) is 0 Å². The van der Waals surface area contributed by atoms with Gasteiger partial charge in [0.15, 0.2) is 0 Å². The Labute approximate surface area is 105 Å². The smallest absolute Gasteiger partial charge is 0.0568 e. The second-order valence-electron chi connectivity index (χ2n) is 4.34. The molecule has 0 aliphatic heterocycles. The van der Waals surface area contributed by atoms with E-state index in [9.17, 15) is 0 Å². The summed E-state index contributed by atoms with van der Waals surface area (Å²) >= 11 is 0. The summed E-state index contributed by atoms with van der Waals surface area (Å²) in [7, 11) is 1.92. The lowest BCUT2D eigenvalue weighted by molar-refractivity contribution is 0.768. The van der Waals surface area contributed by atoms with E-state index < -0.39 is 0 Å². The van der Waals surface area contributed by atoms with E-state index in [0.29, 0.717) is 6.54 Å². The third-order valence-electron chi connectivity index (χ3n) is 3.10. The van der Waals surface area contributed by atoms with Crippen molar-refractivity contribution < 1.29 is 0 Å². The van der Waals surface area contributed by atoms with Crippen molar-refractivity contribution in [2.75, 3.05) is 0 Å². The van der Waals surface area contributed by atoms with E-state index in [0.717, 1.165) is 27.5 Å². The maximum atomic E-state index is 5.75. The molecule has 0 amide bonds. The molecule has 2 N–H and O–H groups in total. The van der Waals surface area contributed by atoms with Crippen LogP contribution in [0.15, 0.2) is 43.0 Å². The molecule has 0 saturated carbocycles.